The molecule has 0 radical (unpaired) electrons. The zero-order chi connectivity index (χ0) is 12.7. The Morgan fingerprint density at radius 2 is 1.76 bits per heavy atom. The Balaban J connectivity index is 2.21. The van der Waals surface area contributed by atoms with Crippen LogP contribution in [0.4, 0.5) is 0 Å². The van der Waals surface area contributed by atoms with E-state index in [4.69, 9.17) is 0 Å². The number of piperidine rings is 1. The first-order valence-electron chi connectivity index (χ1n) is 6.50. The SMILES string of the molecule is [CH3][Ge]([CH3])([CH3])[C]1=CC(N2CCCCC2)CS1(=O)=O. The molecule has 0 N–H and O–H groups in total. The molecule has 2 aliphatic heterocycles. The van der Waals surface area contributed by atoms with Gasteiger partial charge >= 0.3 is 108 Å². The van der Waals surface area contributed by atoms with Crippen LogP contribution in [0.15, 0.2) is 9.81 Å². The average molecular weight is 318 g/mol. The molecule has 1 saturated heterocycles. The van der Waals surface area contributed by atoms with Gasteiger partial charge in [0.05, 0.1) is 0 Å². The number of nitrogens with zero attached hydrogens (tertiary/aromatic N) is 1. The fourth-order valence-electron chi connectivity index (χ4n) is 2.82. The monoisotopic (exact) mass is 319 g/mol. The van der Waals surface area contributed by atoms with Crippen molar-refractivity contribution in [2.45, 2.75) is 42.6 Å². The Hall–Kier alpha value is 0.193. The van der Waals surface area contributed by atoms with E-state index in [1.807, 2.05) is 0 Å². The Kier molecular flexibility index (Phi) is 3.77. The van der Waals surface area contributed by atoms with Crippen molar-refractivity contribution in [1.82, 2.24) is 4.90 Å². The summed E-state index contributed by atoms with van der Waals surface area (Å²) in [6.45, 7) is 2.14. The summed E-state index contributed by atoms with van der Waals surface area (Å²) in [7, 11) is -2.94. The zero-order valence-corrected chi connectivity index (χ0v) is 14.0. The average Bonchev–Trinajstić information content (AvgIpc) is 2.55. The molecule has 0 aromatic rings. The number of likely N-dealkylation sites (tertiary alicyclic amines) is 1. The Morgan fingerprint density at radius 3 is 2.24 bits per heavy atom. The van der Waals surface area contributed by atoms with Gasteiger partial charge in [-0.3, -0.25) is 0 Å². The number of hydrogen-bond acceptors (Lipinski definition) is 3. The minimum absolute atomic E-state index is 0.167. The minimum atomic E-state index is -2.94. The van der Waals surface area contributed by atoms with E-state index in [2.05, 4.69) is 28.2 Å². The molecular formula is C12H23GeNO2S. The molecule has 98 valence electrons. The third-order valence-corrected chi connectivity index (χ3v) is 13.8. The van der Waals surface area contributed by atoms with Gasteiger partial charge in [0, 0.05) is 0 Å². The van der Waals surface area contributed by atoms with Crippen molar-refractivity contribution < 1.29 is 8.42 Å². The van der Waals surface area contributed by atoms with Crippen LogP contribution in [0, 0.1) is 0 Å². The van der Waals surface area contributed by atoms with Gasteiger partial charge in [0.25, 0.3) is 0 Å². The molecule has 0 saturated carbocycles. The summed E-state index contributed by atoms with van der Waals surface area (Å²) in [4.78, 5) is 2.36. The fraction of sp³-hybridized carbons (Fsp3) is 0.833. The van der Waals surface area contributed by atoms with E-state index < -0.39 is 23.1 Å². The van der Waals surface area contributed by atoms with E-state index in [9.17, 15) is 8.42 Å². The number of rotatable bonds is 2. The molecule has 0 bridgehead atoms. The van der Waals surface area contributed by atoms with Crippen LogP contribution in [0.5, 0.6) is 0 Å². The first-order valence-corrected chi connectivity index (χ1v) is 15.5. The first-order chi connectivity index (χ1) is 7.81. The molecule has 1 atom stereocenters. The van der Waals surface area contributed by atoms with Gasteiger partial charge in [-0.15, -0.1) is 0 Å². The van der Waals surface area contributed by atoms with Gasteiger partial charge in [-0.05, 0) is 0 Å². The van der Waals surface area contributed by atoms with Crippen molar-refractivity contribution in [2.75, 3.05) is 18.8 Å². The molecular weight excluding hydrogens is 295 g/mol. The van der Waals surface area contributed by atoms with Crippen molar-refractivity contribution in [3.63, 3.8) is 0 Å². The summed E-state index contributed by atoms with van der Waals surface area (Å²) in [6, 6.07) is 0.167. The summed E-state index contributed by atoms with van der Waals surface area (Å²) in [5.74, 6) is 6.84. The predicted molar refractivity (Wildman–Crippen MR) is 74.4 cm³/mol. The van der Waals surface area contributed by atoms with Crippen LogP contribution in [0.3, 0.4) is 0 Å². The molecule has 1 unspecified atom stereocenters. The summed E-state index contributed by atoms with van der Waals surface area (Å²) < 4.78 is 25.3. The van der Waals surface area contributed by atoms with E-state index >= 15 is 0 Å². The standard InChI is InChI=1S/C12H23GeNO2S/c1-13(2,3)12-9-11(10-17(12,15)16)14-7-5-4-6-8-14/h9,11H,4-8,10H2,1-3H3. The van der Waals surface area contributed by atoms with Gasteiger partial charge in [0.15, 0.2) is 0 Å². The molecule has 1 fully saturated rings. The van der Waals surface area contributed by atoms with Gasteiger partial charge < -0.3 is 0 Å². The number of sulfone groups is 1. The summed E-state index contributed by atoms with van der Waals surface area (Å²) >= 11 is -2.23. The summed E-state index contributed by atoms with van der Waals surface area (Å²) in [6.07, 6.45) is 5.82. The molecule has 2 heterocycles. The maximum atomic E-state index is 12.2. The van der Waals surface area contributed by atoms with Gasteiger partial charge in [-0.1, -0.05) is 0 Å². The Morgan fingerprint density at radius 1 is 1.18 bits per heavy atom. The van der Waals surface area contributed by atoms with Gasteiger partial charge in [-0.25, -0.2) is 0 Å². The van der Waals surface area contributed by atoms with Crippen molar-refractivity contribution in [3.8, 4) is 0 Å². The third-order valence-electron chi connectivity index (χ3n) is 3.67. The van der Waals surface area contributed by atoms with E-state index in [0.717, 1.165) is 16.8 Å². The maximum absolute atomic E-state index is 12.2. The molecule has 0 spiro atoms. The van der Waals surface area contributed by atoms with Crippen molar-refractivity contribution in [3.05, 3.63) is 9.81 Å². The second-order valence-corrected chi connectivity index (χ2v) is 19.6. The summed E-state index contributed by atoms with van der Waals surface area (Å²) in [5.41, 5.74) is 0. The van der Waals surface area contributed by atoms with Crippen LogP contribution >= 0.6 is 0 Å². The predicted octanol–water partition coefficient (Wildman–Crippen LogP) is 2.03. The van der Waals surface area contributed by atoms with Gasteiger partial charge in [0.2, 0.25) is 0 Å². The van der Waals surface area contributed by atoms with Crippen molar-refractivity contribution >= 4 is 23.1 Å². The van der Waals surface area contributed by atoms with Crippen LogP contribution in [0.2, 0.25) is 17.3 Å². The van der Waals surface area contributed by atoms with E-state index in [1.165, 1.54) is 19.3 Å². The number of hydrogen-bond donors (Lipinski definition) is 0. The van der Waals surface area contributed by atoms with E-state index in [-0.39, 0.29) is 6.04 Å². The molecule has 0 aliphatic carbocycles. The van der Waals surface area contributed by atoms with Crippen LogP contribution in [0.1, 0.15) is 19.3 Å². The molecule has 17 heavy (non-hydrogen) atoms. The zero-order valence-electron chi connectivity index (χ0n) is 11.1. The second kappa shape index (κ2) is 4.70. The first kappa shape index (κ1) is 13.6. The van der Waals surface area contributed by atoms with Gasteiger partial charge in [0.1, 0.15) is 0 Å². The fourth-order valence-corrected chi connectivity index (χ4v) is 12.9. The van der Waals surface area contributed by atoms with Crippen molar-refractivity contribution in [2.24, 2.45) is 0 Å². The topological polar surface area (TPSA) is 37.4 Å². The molecule has 2 aliphatic rings. The second-order valence-electron chi connectivity index (χ2n) is 6.23. The third kappa shape index (κ3) is 2.96. The quantitative estimate of drug-likeness (QED) is 0.731. The van der Waals surface area contributed by atoms with Crippen LogP contribution in [0.25, 0.3) is 0 Å². The van der Waals surface area contributed by atoms with Crippen LogP contribution < -0.4 is 0 Å². The molecule has 0 amide bonds. The Labute approximate surface area is 108 Å². The van der Waals surface area contributed by atoms with E-state index in [1.54, 1.807) is 0 Å². The normalized spacial score (nSPS) is 30.3. The molecule has 2 rings (SSSR count). The molecule has 0 aromatic heterocycles. The van der Waals surface area contributed by atoms with Crippen LogP contribution in [-0.2, 0) is 9.84 Å². The molecule has 0 aromatic carbocycles. The van der Waals surface area contributed by atoms with Crippen LogP contribution in [-0.4, -0.2) is 51.5 Å². The molecule has 3 nitrogen and oxygen atoms in total. The van der Waals surface area contributed by atoms with E-state index in [0.29, 0.717) is 5.75 Å². The summed E-state index contributed by atoms with van der Waals surface area (Å²) in [5, 5.41) is 0. The molecule has 5 heteroatoms. The Bertz CT molecular complexity index is 416. The van der Waals surface area contributed by atoms with Gasteiger partial charge in [-0.2, -0.15) is 0 Å². The van der Waals surface area contributed by atoms with Crippen molar-refractivity contribution in [1.29, 1.82) is 0 Å².